The Hall–Kier alpha value is -2.36. The summed E-state index contributed by atoms with van der Waals surface area (Å²) < 4.78 is 19.7. The van der Waals surface area contributed by atoms with E-state index in [1.807, 2.05) is 74.5 Å². The Morgan fingerprint density at radius 3 is 2.11 bits per heavy atom. The molecule has 0 spiro atoms. The lowest BCUT2D eigenvalue weighted by Crippen LogP contribution is -2.64. The Labute approximate surface area is 220 Å². The molecule has 3 fully saturated rings. The van der Waals surface area contributed by atoms with Crippen molar-refractivity contribution in [1.82, 2.24) is 5.06 Å². The van der Waals surface area contributed by atoms with Crippen molar-refractivity contribution in [3.63, 3.8) is 0 Å². The van der Waals surface area contributed by atoms with Crippen LogP contribution in [0.3, 0.4) is 0 Å². The van der Waals surface area contributed by atoms with Gasteiger partial charge in [0.15, 0.2) is 20.1 Å². The average Bonchev–Trinajstić information content (AvgIpc) is 3.31. The number of aliphatic imine (C=N–C) groups is 1. The zero-order valence-electron chi connectivity index (χ0n) is 22.8. The number of carbonyl (C=O) groups excluding carboxylic acids is 1. The van der Waals surface area contributed by atoms with Gasteiger partial charge in [0.2, 0.25) is 0 Å². The number of hydrogen-bond donors (Lipinski definition) is 0. The number of benzene rings is 2. The van der Waals surface area contributed by atoms with E-state index in [-0.39, 0.29) is 23.2 Å². The van der Waals surface area contributed by atoms with Crippen molar-refractivity contribution >= 4 is 20.0 Å². The summed E-state index contributed by atoms with van der Waals surface area (Å²) in [6, 6.07) is 18.7. The van der Waals surface area contributed by atoms with Crippen molar-refractivity contribution in [2.75, 3.05) is 6.54 Å². The summed E-state index contributed by atoms with van der Waals surface area (Å²) in [5.74, 6) is -1.12. The number of rotatable bonds is 5. The van der Waals surface area contributed by atoms with Crippen LogP contribution in [0.15, 0.2) is 65.7 Å². The molecule has 8 heteroatoms. The van der Waals surface area contributed by atoms with Gasteiger partial charge in [-0.3, -0.25) is 4.99 Å². The number of piperidine rings is 1. The van der Waals surface area contributed by atoms with Crippen LogP contribution < -0.4 is 0 Å². The predicted octanol–water partition coefficient (Wildman–Crippen LogP) is 4.96. The molecule has 3 saturated heterocycles. The van der Waals surface area contributed by atoms with Gasteiger partial charge in [0, 0.05) is 11.1 Å². The van der Waals surface area contributed by atoms with Crippen molar-refractivity contribution < 1.29 is 23.5 Å². The van der Waals surface area contributed by atoms with Crippen molar-refractivity contribution in [2.24, 2.45) is 4.99 Å². The maximum atomic E-state index is 13.4. The normalized spacial score (nSPS) is 29.4. The third kappa shape index (κ3) is 5.05. The molecule has 5 rings (SSSR count). The smallest absolute Gasteiger partial charge is 0.351 e. The lowest BCUT2D eigenvalue weighted by atomic mass is 9.91. The Kier molecular flexibility index (Phi) is 6.69. The lowest BCUT2D eigenvalue weighted by Gasteiger charge is -2.46. The maximum absolute atomic E-state index is 13.4. The zero-order chi connectivity index (χ0) is 26.6. The highest BCUT2D eigenvalue weighted by Crippen LogP contribution is 2.45. The molecule has 5 atom stereocenters. The Morgan fingerprint density at radius 1 is 1.00 bits per heavy atom. The molecule has 198 valence electrons. The van der Waals surface area contributed by atoms with Crippen molar-refractivity contribution in [3.05, 3.63) is 71.8 Å². The molecule has 3 aliphatic rings. The molecular formula is C29H38N2O5Si. The fourth-order valence-electron chi connectivity index (χ4n) is 5.11. The SMILES string of the molecule is CC1(C)O[C@@H]2[C@@H](O[Si](C)(C)C(C)(C)C)[C@@H]3[C@@H](N=C(c4ccccc4)c4ccccc4)C(=O)ON3C[C@@H]2O1. The Balaban J connectivity index is 1.59. The average molecular weight is 523 g/mol. The topological polar surface area (TPSA) is 69.6 Å². The molecule has 2 aromatic carbocycles. The van der Waals surface area contributed by atoms with Gasteiger partial charge in [0.1, 0.15) is 18.2 Å². The van der Waals surface area contributed by atoms with Crippen molar-refractivity contribution in [2.45, 2.75) is 88.9 Å². The summed E-state index contributed by atoms with van der Waals surface area (Å²) in [6.07, 6.45) is -1.02. The molecule has 3 heterocycles. The number of hydroxylamine groups is 2. The van der Waals surface area contributed by atoms with Gasteiger partial charge >= 0.3 is 5.97 Å². The first-order valence-corrected chi connectivity index (χ1v) is 16.0. The highest BCUT2D eigenvalue weighted by Gasteiger charge is 2.62. The number of fused-ring (bicyclic) bond motifs is 2. The predicted molar refractivity (Wildman–Crippen MR) is 145 cm³/mol. The van der Waals surface area contributed by atoms with Crippen LogP contribution in [0, 0.1) is 0 Å². The van der Waals surface area contributed by atoms with Crippen LogP contribution in [0.25, 0.3) is 0 Å². The van der Waals surface area contributed by atoms with Gasteiger partial charge in [-0.1, -0.05) is 81.4 Å². The summed E-state index contributed by atoms with van der Waals surface area (Å²) in [6.45, 7) is 15.3. The van der Waals surface area contributed by atoms with Crippen molar-refractivity contribution in [3.8, 4) is 0 Å². The quantitative estimate of drug-likeness (QED) is 0.408. The van der Waals surface area contributed by atoms with Gasteiger partial charge in [0.05, 0.1) is 18.4 Å². The largest absolute Gasteiger partial charge is 0.409 e. The van der Waals surface area contributed by atoms with Gasteiger partial charge < -0.3 is 18.7 Å². The van der Waals surface area contributed by atoms with Crippen LogP contribution >= 0.6 is 0 Å². The molecule has 0 N–H and O–H groups in total. The van der Waals surface area contributed by atoms with E-state index in [2.05, 4.69) is 33.9 Å². The number of hydrogen-bond acceptors (Lipinski definition) is 7. The van der Waals surface area contributed by atoms with Crippen LogP contribution in [0.5, 0.6) is 0 Å². The molecule has 0 radical (unpaired) electrons. The minimum absolute atomic E-state index is 0.0266. The molecule has 2 aromatic rings. The summed E-state index contributed by atoms with van der Waals surface area (Å²) in [7, 11) is -2.26. The van der Waals surface area contributed by atoms with E-state index < -0.39 is 32.3 Å². The minimum Gasteiger partial charge on any atom is -0.409 e. The van der Waals surface area contributed by atoms with Gasteiger partial charge in [-0.25, -0.2) is 4.79 Å². The van der Waals surface area contributed by atoms with Crippen LogP contribution in [0.1, 0.15) is 45.7 Å². The highest BCUT2D eigenvalue weighted by molar-refractivity contribution is 6.74. The van der Waals surface area contributed by atoms with E-state index in [9.17, 15) is 4.79 Å². The lowest BCUT2D eigenvalue weighted by molar-refractivity contribution is -0.204. The van der Waals surface area contributed by atoms with E-state index in [4.69, 9.17) is 23.7 Å². The third-order valence-electron chi connectivity index (χ3n) is 7.95. The summed E-state index contributed by atoms with van der Waals surface area (Å²) in [5.41, 5.74) is 2.64. The highest BCUT2D eigenvalue weighted by atomic mass is 28.4. The Morgan fingerprint density at radius 2 is 1.57 bits per heavy atom. The molecule has 7 nitrogen and oxygen atoms in total. The molecular weight excluding hydrogens is 484 g/mol. The number of nitrogens with zero attached hydrogens (tertiary/aromatic N) is 2. The fraction of sp³-hybridized carbons (Fsp3) is 0.517. The first-order valence-electron chi connectivity index (χ1n) is 13.1. The molecule has 37 heavy (non-hydrogen) atoms. The van der Waals surface area contributed by atoms with Crippen LogP contribution in [-0.4, -0.2) is 67.8 Å². The summed E-state index contributed by atoms with van der Waals surface area (Å²) in [4.78, 5) is 24.4. The van der Waals surface area contributed by atoms with Crippen molar-refractivity contribution in [1.29, 1.82) is 0 Å². The second-order valence-corrected chi connectivity index (χ2v) is 16.9. The van der Waals surface area contributed by atoms with Gasteiger partial charge in [-0.15, -0.1) is 5.06 Å². The second kappa shape index (κ2) is 9.43. The fourth-order valence-corrected chi connectivity index (χ4v) is 6.42. The van der Waals surface area contributed by atoms with Gasteiger partial charge in [-0.05, 0) is 32.0 Å². The third-order valence-corrected chi connectivity index (χ3v) is 12.4. The molecule has 0 aromatic heterocycles. The van der Waals surface area contributed by atoms with E-state index in [0.717, 1.165) is 16.8 Å². The molecule has 0 aliphatic carbocycles. The number of carbonyl (C=O) groups is 1. The van der Waals surface area contributed by atoms with E-state index in [0.29, 0.717) is 6.54 Å². The standard InChI is InChI=1S/C29H38N2O5Si/c1-28(2,3)37(6,7)36-26-24-23(27(32)35-31(24)18-21-25(26)34-29(4,5)33-21)30-22(19-14-10-8-11-15-19)20-16-12-9-13-17-20/h8-17,21,23-26H,18H2,1-7H3/t21-,23+,24-,25-,26-/m0/s1. The van der Waals surface area contributed by atoms with E-state index in [1.54, 1.807) is 5.06 Å². The first kappa shape index (κ1) is 26.3. The maximum Gasteiger partial charge on any atom is 0.351 e. The first-order chi connectivity index (χ1) is 17.4. The second-order valence-electron chi connectivity index (χ2n) is 12.1. The van der Waals surface area contributed by atoms with Crippen LogP contribution in [-0.2, 0) is 23.5 Å². The summed E-state index contributed by atoms with van der Waals surface area (Å²) in [5, 5.41) is 1.70. The molecule has 3 aliphatic heterocycles. The summed E-state index contributed by atoms with van der Waals surface area (Å²) >= 11 is 0. The van der Waals surface area contributed by atoms with E-state index >= 15 is 0 Å². The van der Waals surface area contributed by atoms with E-state index in [1.165, 1.54) is 0 Å². The van der Waals surface area contributed by atoms with Crippen LogP contribution in [0.2, 0.25) is 18.1 Å². The zero-order valence-corrected chi connectivity index (χ0v) is 23.8. The Bertz CT molecular complexity index is 1120. The minimum atomic E-state index is -2.26. The monoisotopic (exact) mass is 522 g/mol. The van der Waals surface area contributed by atoms with Crippen LogP contribution in [0.4, 0.5) is 0 Å². The van der Waals surface area contributed by atoms with Gasteiger partial charge in [-0.2, -0.15) is 0 Å². The number of ether oxygens (including phenoxy) is 2. The molecule has 0 bridgehead atoms. The molecule has 0 amide bonds. The molecule has 0 saturated carbocycles. The van der Waals surface area contributed by atoms with Gasteiger partial charge in [0.25, 0.3) is 0 Å². The molecule has 0 unspecified atom stereocenters.